The number of carbonyl (C=O) groups is 3. The van der Waals surface area contributed by atoms with Crippen LogP contribution in [0, 0.1) is 5.82 Å². The third-order valence-corrected chi connectivity index (χ3v) is 5.68. The Bertz CT molecular complexity index is 1330. The lowest BCUT2D eigenvalue weighted by Gasteiger charge is -2.20. The molecule has 1 saturated carbocycles. The number of nitrogens with one attached hydrogen (secondary N) is 3. The van der Waals surface area contributed by atoms with Gasteiger partial charge in [0.15, 0.2) is 0 Å². The van der Waals surface area contributed by atoms with E-state index in [-0.39, 0.29) is 17.9 Å². The molecule has 0 aliphatic heterocycles. The van der Waals surface area contributed by atoms with E-state index < -0.39 is 29.5 Å². The van der Waals surface area contributed by atoms with Crippen LogP contribution in [-0.4, -0.2) is 23.7 Å². The first-order valence-electron chi connectivity index (χ1n) is 12.3. The van der Waals surface area contributed by atoms with Gasteiger partial charge in [0.05, 0.1) is 17.1 Å². The van der Waals surface area contributed by atoms with Gasteiger partial charge in [0.1, 0.15) is 18.0 Å². The molecule has 0 spiro atoms. The largest absolute Gasteiger partial charge is 0.444 e. The summed E-state index contributed by atoms with van der Waals surface area (Å²) in [6.07, 6.45) is 0.934. The number of para-hydroxylation sites is 2. The van der Waals surface area contributed by atoms with Crippen molar-refractivity contribution < 1.29 is 28.2 Å². The first-order chi connectivity index (χ1) is 18.1. The number of carbonyl (C=O) groups excluding carboxylic acids is 3. The number of amides is 3. The SMILES string of the molecule is CC(C)(C)OC(=O)Nc1ccccc1NC(=O)c1ccc(NC(=O)OCc2ccc(C3CC3)cc2)c(F)c1. The zero-order valence-electron chi connectivity index (χ0n) is 21.5. The van der Waals surface area contributed by atoms with Crippen LogP contribution in [0.15, 0.2) is 66.7 Å². The Balaban J connectivity index is 1.33. The molecular weight excluding hydrogens is 489 g/mol. The van der Waals surface area contributed by atoms with E-state index in [1.807, 2.05) is 24.3 Å². The predicted octanol–water partition coefficient (Wildman–Crippen LogP) is 7.05. The van der Waals surface area contributed by atoms with E-state index in [1.54, 1.807) is 45.0 Å². The first kappa shape index (κ1) is 26.7. The molecule has 0 aromatic heterocycles. The maximum Gasteiger partial charge on any atom is 0.412 e. The lowest BCUT2D eigenvalue weighted by atomic mass is 10.1. The number of hydrogen-bond acceptors (Lipinski definition) is 5. The molecule has 3 aromatic rings. The van der Waals surface area contributed by atoms with Crippen LogP contribution in [0.2, 0.25) is 0 Å². The Morgan fingerprint density at radius 3 is 2.08 bits per heavy atom. The molecule has 8 nitrogen and oxygen atoms in total. The van der Waals surface area contributed by atoms with E-state index in [9.17, 15) is 18.8 Å². The van der Waals surface area contributed by atoms with E-state index in [0.29, 0.717) is 17.3 Å². The van der Waals surface area contributed by atoms with Crippen molar-refractivity contribution in [1.82, 2.24) is 0 Å². The zero-order valence-corrected chi connectivity index (χ0v) is 21.5. The summed E-state index contributed by atoms with van der Waals surface area (Å²) < 4.78 is 25.1. The summed E-state index contributed by atoms with van der Waals surface area (Å²) in [6.45, 7) is 5.26. The number of hydrogen-bond donors (Lipinski definition) is 3. The van der Waals surface area contributed by atoms with Gasteiger partial charge in [-0.05, 0) is 81.0 Å². The van der Waals surface area contributed by atoms with Crippen molar-refractivity contribution in [3.8, 4) is 0 Å². The van der Waals surface area contributed by atoms with Gasteiger partial charge in [-0.3, -0.25) is 15.4 Å². The number of benzene rings is 3. The van der Waals surface area contributed by atoms with Crippen LogP contribution in [0.1, 0.15) is 61.0 Å². The van der Waals surface area contributed by atoms with Gasteiger partial charge < -0.3 is 14.8 Å². The number of rotatable bonds is 7. The summed E-state index contributed by atoms with van der Waals surface area (Å²) in [6, 6.07) is 18.1. The summed E-state index contributed by atoms with van der Waals surface area (Å²) >= 11 is 0. The highest BCUT2D eigenvalue weighted by Gasteiger charge is 2.23. The van der Waals surface area contributed by atoms with Gasteiger partial charge in [0, 0.05) is 5.56 Å². The third kappa shape index (κ3) is 7.55. The second-order valence-electron chi connectivity index (χ2n) is 10.0. The molecule has 0 radical (unpaired) electrons. The lowest BCUT2D eigenvalue weighted by molar-refractivity contribution is 0.0635. The topological polar surface area (TPSA) is 106 Å². The van der Waals surface area contributed by atoms with Crippen molar-refractivity contribution >= 4 is 35.2 Å². The molecule has 0 unspecified atom stereocenters. The Kier molecular flexibility index (Phi) is 7.95. The predicted molar refractivity (Wildman–Crippen MR) is 143 cm³/mol. The molecule has 1 aliphatic carbocycles. The molecule has 1 aliphatic rings. The van der Waals surface area contributed by atoms with Crippen molar-refractivity contribution in [3.05, 3.63) is 89.2 Å². The fraction of sp³-hybridized carbons (Fsp3) is 0.276. The van der Waals surface area contributed by atoms with E-state index in [2.05, 4.69) is 16.0 Å². The van der Waals surface area contributed by atoms with Crippen molar-refractivity contribution in [2.45, 2.75) is 51.7 Å². The minimum absolute atomic E-state index is 0.0178. The van der Waals surface area contributed by atoms with Gasteiger partial charge >= 0.3 is 12.2 Å². The molecule has 0 atom stereocenters. The van der Waals surface area contributed by atoms with Crippen molar-refractivity contribution in [2.24, 2.45) is 0 Å². The Morgan fingerprint density at radius 2 is 1.47 bits per heavy atom. The Hall–Kier alpha value is -4.40. The van der Waals surface area contributed by atoms with Gasteiger partial charge in [-0.25, -0.2) is 14.0 Å². The third-order valence-electron chi connectivity index (χ3n) is 5.68. The molecule has 0 saturated heterocycles. The second kappa shape index (κ2) is 11.3. The van der Waals surface area contributed by atoms with Crippen LogP contribution in [-0.2, 0) is 16.1 Å². The van der Waals surface area contributed by atoms with E-state index in [0.717, 1.165) is 11.6 Å². The van der Waals surface area contributed by atoms with Crippen LogP contribution in [0.25, 0.3) is 0 Å². The molecule has 4 rings (SSSR count). The van der Waals surface area contributed by atoms with Crippen molar-refractivity contribution in [3.63, 3.8) is 0 Å². The molecule has 198 valence electrons. The average molecular weight is 520 g/mol. The highest BCUT2D eigenvalue weighted by Crippen LogP contribution is 2.39. The number of anilines is 3. The normalized spacial score (nSPS) is 12.8. The molecule has 3 amide bonds. The fourth-order valence-electron chi connectivity index (χ4n) is 3.66. The van der Waals surface area contributed by atoms with E-state index >= 15 is 0 Å². The van der Waals surface area contributed by atoms with E-state index in [1.165, 1.54) is 30.5 Å². The smallest absolute Gasteiger partial charge is 0.412 e. The van der Waals surface area contributed by atoms with Gasteiger partial charge in [-0.2, -0.15) is 0 Å². The fourth-order valence-corrected chi connectivity index (χ4v) is 3.66. The van der Waals surface area contributed by atoms with Crippen molar-refractivity contribution in [2.75, 3.05) is 16.0 Å². The Morgan fingerprint density at radius 1 is 0.842 bits per heavy atom. The highest BCUT2D eigenvalue weighted by atomic mass is 19.1. The average Bonchev–Trinajstić information content (AvgIpc) is 3.70. The summed E-state index contributed by atoms with van der Waals surface area (Å²) in [7, 11) is 0. The molecule has 3 N–H and O–H groups in total. The van der Waals surface area contributed by atoms with Crippen LogP contribution >= 0.6 is 0 Å². The van der Waals surface area contributed by atoms with Crippen LogP contribution in [0.5, 0.6) is 0 Å². The minimum Gasteiger partial charge on any atom is -0.444 e. The number of halogens is 1. The monoisotopic (exact) mass is 519 g/mol. The second-order valence-corrected chi connectivity index (χ2v) is 10.0. The molecule has 38 heavy (non-hydrogen) atoms. The van der Waals surface area contributed by atoms with Crippen LogP contribution < -0.4 is 16.0 Å². The summed E-state index contributed by atoms with van der Waals surface area (Å²) in [5.41, 5.74) is 1.94. The molecule has 3 aromatic carbocycles. The van der Waals surface area contributed by atoms with Gasteiger partial charge in [-0.1, -0.05) is 36.4 Å². The zero-order chi connectivity index (χ0) is 27.3. The van der Waals surface area contributed by atoms with Crippen LogP contribution in [0.3, 0.4) is 0 Å². The molecular formula is C29H30FN3O5. The standard InChI is InChI=1S/C29H30FN3O5/c1-29(2,3)38-28(36)33-25-7-5-4-6-24(25)31-26(34)21-14-15-23(22(30)16-21)32-27(35)37-17-18-8-10-19(11-9-18)20-12-13-20/h4-11,14-16,20H,12-13,17H2,1-3H3,(H,31,34)(H,32,35)(H,33,36). The maximum atomic E-state index is 14.7. The van der Waals surface area contributed by atoms with E-state index in [4.69, 9.17) is 9.47 Å². The van der Waals surface area contributed by atoms with Crippen molar-refractivity contribution in [1.29, 1.82) is 0 Å². The first-order valence-corrected chi connectivity index (χ1v) is 12.3. The number of ether oxygens (including phenoxy) is 2. The van der Waals surface area contributed by atoms with Gasteiger partial charge in [0.25, 0.3) is 5.91 Å². The summed E-state index contributed by atoms with van der Waals surface area (Å²) in [5.74, 6) is -0.764. The van der Waals surface area contributed by atoms with Crippen LogP contribution in [0.4, 0.5) is 31.0 Å². The molecule has 0 heterocycles. The van der Waals surface area contributed by atoms with Gasteiger partial charge in [0.2, 0.25) is 0 Å². The minimum atomic E-state index is -0.811. The quantitative estimate of drug-likeness (QED) is 0.310. The highest BCUT2D eigenvalue weighted by molar-refractivity contribution is 6.07. The Labute approximate surface area is 220 Å². The molecule has 0 bridgehead atoms. The molecule has 9 heteroatoms. The summed E-state index contributed by atoms with van der Waals surface area (Å²) in [5, 5.41) is 7.59. The maximum absolute atomic E-state index is 14.7. The lowest BCUT2D eigenvalue weighted by Crippen LogP contribution is -2.27. The summed E-state index contributed by atoms with van der Waals surface area (Å²) in [4.78, 5) is 37.1. The molecule has 1 fully saturated rings. The van der Waals surface area contributed by atoms with Gasteiger partial charge in [-0.15, -0.1) is 0 Å².